The van der Waals surface area contributed by atoms with Crippen molar-refractivity contribution in [1.82, 2.24) is 10.2 Å². The first-order valence-corrected chi connectivity index (χ1v) is 12.7. The summed E-state index contributed by atoms with van der Waals surface area (Å²) in [5.41, 5.74) is 0.909. The molecule has 0 saturated heterocycles. The van der Waals surface area contributed by atoms with Gasteiger partial charge in [-0.05, 0) is 43.7 Å². The summed E-state index contributed by atoms with van der Waals surface area (Å²) in [6.07, 6.45) is 1.01. The van der Waals surface area contributed by atoms with E-state index in [-0.39, 0.29) is 18.1 Å². The van der Waals surface area contributed by atoms with E-state index in [4.69, 9.17) is 27.9 Å². The SMILES string of the molecule is CCNC(=O)C(C)N(Cc1ccc(Cl)c(Cl)c1)C(=O)CN(c1cccc(OC)c1)S(C)(=O)=O. The van der Waals surface area contributed by atoms with Crippen LogP contribution in [0.1, 0.15) is 19.4 Å². The number of hydrogen-bond donors (Lipinski definition) is 1. The van der Waals surface area contributed by atoms with E-state index < -0.39 is 28.5 Å². The molecule has 1 unspecified atom stereocenters. The van der Waals surface area contributed by atoms with Crippen LogP contribution in [0.25, 0.3) is 0 Å². The molecule has 0 aliphatic heterocycles. The standard InChI is InChI=1S/C22H27Cl2N3O5S/c1-5-25-22(29)15(2)26(13-16-9-10-19(23)20(24)11-16)21(28)14-27(33(4,30)31)17-7-6-8-18(12-17)32-3/h6-12,15H,5,13-14H2,1-4H3,(H,25,29). The maximum absolute atomic E-state index is 13.4. The second kappa shape index (κ2) is 11.6. The minimum Gasteiger partial charge on any atom is -0.497 e. The second-order valence-corrected chi connectivity index (χ2v) is 10.0. The van der Waals surface area contributed by atoms with Gasteiger partial charge in [0.25, 0.3) is 0 Å². The molecular weight excluding hydrogens is 489 g/mol. The maximum atomic E-state index is 13.4. The summed E-state index contributed by atoms with van der Waals surface area (Å²) in [6.45, 7) is 3.26. The number of carbonyl (C=O) groups is 2. The van der Waals surface area contributed by atoms with Crippen molar-refractivity contribution in [3.05, 3.63) is 58.1 Å². The van der Waals surface area contributed by atoms with Crippen LogP contribution in [0.5, 0.6) is 5.75 Å². The largest absolute Gasteiger partial charge is 0.497 e. The lowest BCUT2D eigenvalue weighted by atomic mass is 10.1. The Morgan fingerprint density at radius 1 is 1.12 bits per heavy atom. The van der Waals surface area contributed by atoms with Gasteiger partial charge in [-0.3, -0.25) is 13.9 Å². The zero-order valence-corrected chi connectivity index (χ0v) is 21.2. The van der Waals surface area contributed by atoms with E-state index in [1.165, 1.54) is 18.1 Å². The number of amides is 2. The Bertz CT molecular complexity index is 1110. The Morgan fingerprint density at radius 3 is 2.39 bits per heavy atom. The van der Waals surface area contributed by atoms with Crippen molar-refractivity contribution in [2.45, 2.75) is 26.4 Å². The minimum atomic E-state index is -3.82. The van der Waals surface area contributed by atoms with Crippen molar-refractivity contribution in [2.75, 3.05) is 30.8 Å². The number of anilines is 1. The van der Waals surface area contributed by atoms with Gasteiger partial charge in [-0.2, -0.15) is 0 Å². The van der Waals surface area contributed by atoms with Crippen LogP contribution in [0.15, 0.2) is 42.5 Å². The highest BCUT2D eigenvalue weighted by atomic mass is 35.5. The molecule has 0 aromatic heterocycles. The molecule has 0 spiro atoms. The fourth-order valence-electron chi connectivity index (χ4n) is 3.12. The molecule has 2 rings (SSSR count). The van der Waals surface area contributed by atoms with Crippen LogP contribution in [0, 0.1) is 0 Å². The summed E-state index contributed by atoms with van der Waals surface area (Å²) in [4.78, 5) is 27.2. The molecule has 0 heterocycles. The molecular formula is C22H27Cl2N3O5S. The van der Waals surface area contributed by atoms with Crippen LogP contribution in [-0.2, 0) is 26.2 Å². The van der Waals surface area contributed by atoms with Gasteiger partial charge in [0.05, 0.1) is 29.1 Å². The molecule has 8 nitrogen and oxygen atoms in total. The van der Waals surface area contributed by atoms with Gasteiger partial charge in [0.2, 0.25) is 21.8 Å². The van der Waals surface area contributed by atoms with Crippen molar-refractivity contribution in [3.63, 3.8) is 0 Å². The summed E-state index contributed by atoms with van der Waals surface area (Å²) in [5, 5.41) is 3.35. The van der Waals surface area contributed by atoms with Gasteiger partial charge in [0, 0.05) is 19.2 Å². The number of halogens is 2. The van der Waals surface area contributed by atoms with E-state index in [1.807, 2.05) is 0 Å². The zero-order chi connectivity index (χ0) is 24.8. The van der Waals surface area contributed by atoms with Crippen LogP contribution >= 0.6 is 23.2 Å². The molecule has 2 aromatic rings. The molecule has 0 aliphatic rings. The highest BCUT2D eigenvalue weighted by molar-refractivity contribution is 7.92. The first kappa shape index (κ1) is 26.8. The number of methoxy groups -OCH3 is 1. The molecule has 2 amide bonds. The first-order valence-electron chi connectivity index (χ1n) is 10.1. The lowest BCUT2D eigenvalue weighted by molar-refractivity contribution is -0.139. The number of hydrogen-bond acceptors (Lipinski definition) is 5. The van der Waals surface area contributed by atoms with Gasteiger partial charge in [-0.25, -0.2) is 8.42 Å². The monoisotopic (exact) mass is 515 g/mol. The number of nitrogens with zero attached hydrogens (tertiary/aromatic N) is 2. The third kappa shape index (κ3) is 7.25. The topological polar surface area (TPSA) is 96.0 Å². The molecule has 1 N–H and O–H groups in total. The summed E-state index contributed by atoms with van der Waals surface area (Å²) in [5.74, 6) is -0.483. The first-order chi connectivity index (χ1) is 15.5. The van der Waals surface area contributed by atoms with Crippen molar-refractivity contribution in [2.24, 2.45) is 0 Å². The van der Waals surface area contributed by atoms with Crippen LogP contribution in [0.2, 0.25) is 10.0 Å². The lowest BCUT2D eigenvalue weighted by Gasteiger charge is -2.31. The van der Waals surface area contributed by atoms with Crippen LogP contribution in [0.4, 0.5) is 5.69 Å². The fraction of sp³-hybridized carbons (Fsp3) is 0.364. The Balaban J connectivity index is 2.41. The number of rotatable bonds is 10. The summed E-state index contributed by atoms with van der Waals surface area (Å²) in [7, 11) is -2.36. The number of nitrogens with one attached hydrogen (secondary N) is 1. The van der Waals surface area contributed by atoms with E-state index in [0.29, 0.717) is 27.9 Å². The van der Waals surface area contributed by atoms with Crippen molar-refractivity contribution < 1.29 is 22.7 Å². The van der Waals surface area contributed by atoms with Crippen molar-refractivity contribution in [1.29, 1.82) is 0 Å². The smallest absolute Gasteiger partial charge is 0.244 e. The summed E-state index contributed by atoms with van der Waals surface area (Å²) in [6, 6.07) is 10.4. The van der Waals surface area contributed by atoms with E-state index in [2.05, 4.69) is 5.32 Å². The molecule has 33 heavy (non-hydrogen) atoms. The van der Waals surface area contributed by atoms with Gasteiger partial charge < -0.3 is 15.0 Å². The highest BCUT2D eigenvalue weighted by Crippen LogP contribution is 2.25. The summed E-state index contributed by atoms with van der Waals surface area (Å²) < 4.78 is 31.2. The van der Waals surface area contributed by atoms with E-state index in [1.54, 1.807) is 50.2 Å². The summed E-state index contributed by atoms with van der Waals surface area (Å²) >= 11 is 12.1. The Labute approximate surface area is 204 Å². The normalized spacial score (nSPS) is 12.1. The van der Waals surface area contributed by atoms with Crippen molar-refractivity contribution in [3.8, 4) is 5.75 Å². The number of carbonyl (C=O) groups excluding carboxylic acids is 2. The molecule has 2 aromatic carbocycles. The Hall–Kier alpha value is -2.49. The Morgan fingerprint density at radius 2 is 1.82 bits per heavy atom. The van der Waals surface area contributed by atoms with Gasteiger partial charge in [-0.15, -0.1) is 0 Å². The number of benzene rings is 2. The molecule has 0 aliphatic carbocycles. The second-order valence-electron chi connectivity index (χ2n) is 7.31. The molecule has 11 heteroatoms. The average Bonchev–Trinajstić information content (AvgIpc) is 2.76. The van der Waals surface area contributed by atoms with Crippen LogP contribution in [-0.4, -0.2) is 57.6 Å². The van der Waals surface area contributed by atoms with E-state index in [0.717, 1.165) is 10.6 Å². The molecule has 0 saturated carbocycles. The molecule has 0 bridgehead atoms. The van der Waals surface area contributed by atoms with Gasteiger partial charge in [-0.1, -0.05) is 35.3 Å². The minimum absolute atomic E-state index is 0.0315. The maximum Gasteiger partial charge on any atom is 0.244 e. The third-order valence-corrected chi connectivity index (χ3v) is 6.76. The quantitative estimate of drug-likeness (QED) is 0.523. The number of ether oxygens (including phenoxy) is 1. The zero-order valence-electron chi connectivity index (χ0n) is 18.8. The fourth-order valence-corrected chi connectivity index (χ4v) is 4.28. The van der Waals surface area contributed by atoms with E-state index in [9.17, 15) is 18.0 Å². The van der Waals surface area contributed by atoms with Crippen LogP contribution < -0.4 is 14.4 Å². The number of sulfonamides is 1. The average molecular weight is 516 g/mol. The van der Waals surface area contributed by atoms with Gasteiger partial charge in [0.15, 0.2) is 0 Å². The van der Waals surface area contributed by atoms with Gasteiger partial charge in [0.1, 0.15) is 18.3 Å². The predicted molar refractivity (Wildman–Crippen MR) is 130 cm³/mol. The third-order valence-electron chi connectivity index (χ3n) is 4.88. The number of likely N-dealkylation sites (N-methyl/N-ethyl adjacent to an activating group) is 1. The highest BCUT2D eigenvalue weighted by Gasteiger charge is 2.30. The van der Waals surface area contributed by atoms with Crippen LogP contribution in [0.3, 0.4) is 0 Å². The van der Waals surface area contributed by atoms with Crippen molar-refractivity contribution >= 4 is 50.7 Å². The Kier molecular flexibility index (Phi) is 9.39. The molecule has 1 atom stereocenters. The van der Waals surface area contributed by atoms with Gasteiger partial charge >= 0.3 is 0 Å². The van der Waals surface area contributed by atoms with E-state index >= 15 is 0 Å². The molecule has 0 fully saturated rings. The lowest BCUT2D eigenvalue weighted by Crippen LogP contribution is -2.51. The predicted octanol–water partition coefficient (Wildman–Crippen LogP) is 3.32. The molecule has 180 valence electrons. The molecule has 0 radical (unpaired) electrons.